The molecule has 0 saturated carbocycles. The summed E-state index contributed by atoms with van der Waals surface area (Å²) in [6, 6.07) is 0. The second kappa shape index (κ2) is 7.71. The summed E-state index contributed by atoms with van der Waals surface area (Å²) in [5, 5.41) is 0. The SMILES string of the molecule is CC.NC1=CC=C(C(=O)N2CCOCC2)CC=C1. The fourth-order valence-electron chi connectivity index (χ4n) is 1.77. The smallest absolute Gasteiger partial charge is 0.250 e. The molecule has 1 saturated heterocycles. The van der Waals surface area contributed by atoms with E-state index >= 15 is 0 Å². The number of nitrogens with two attached hydrogens (primary N) is 1. The number of rotatable bonds is 1. The minimum absolute atomic E-state index is 0.0962. The van der Waals surface area contributed by atoms with Crippen molar-refractivity contribution in [3.8, 4) is 0 Å². The maximum absolute atomic E-state index is 12.1. The normalized spacial score (nSPS) is 19.1. The Bertz CT molecular complexity index is 364. The van der Waals surface area contributed by atoms with Crippen LogP contribution in [0, 0.1) is 0 Å². The average Bonchev–Trinajstić information content (AvgIpc) is 2.66. The van der Waals surface area contributed by atoms with E-state index in [1.807, 2.05) is 37.0 Å². The Morgan fingerprint density at radius 3 is 2.61 bits per heavy atom. The van der Waals surface area contributed by atoms with Crippen LogP contribution in [0.15, 0.2) is 35.6 Å². The fraction of sp³-hybridized carbons (Fsp3) is 0.500. The molecule has 18 heavy (non-hydrogen) atoms. The van der Waals surface area contributed by atoms with Gasteiger partial charge in [0.2, 0.25) is 5.91 Å². The third-order valence-electron chi connectivity index (χ3n) is 2.70. The van der Waals surface area contributed by atoms with Crippen molar-refractivity contribution in [2.45, 2.75) is 20.3 Å². The largest absolute Gasteiger partial charge is 0.399 e. The molecule has 1 aliphatic carbocycles. The number of hydrogen-bond donors (Lipinski definition) is 1. The predicted octanol–water partition coefficient (Wildman–Crippen LogP) is 1.60. The minimum Gasteiger partial charge on any atom is -0.399 e. The molecule has 1 aliphatic heterocycles. The number of amides is 1. The highest BCUT2D eigenvalue weighted by Gasteiger charge is 2.19. The lowest BCUT2D eigenvalue weighted by atomic mass is 10.1. The highest BCUT2D eigenvalue weighted by molar-refractivity contribution is 5.94. The van der Waals surface area contributed by atoms with Crippen molar-refractivity contribution in [3.63, 3.8) is 0 Å². The zero-order valence-corrected chi connectivity index (χ0v) is 11.2. The Balaban J connectivity index is 0.000000771. The van der Waals surface area contributed by atoms with E-state index in [1.54, 1.807) is 6.08 Å². The quantitative estimate of drug-likeness (QED) is 0.769. The van der Waals surface area contributed by atoms with E-state index in [9.17, 15) is 4.79 Å². The molecule has 0 radical (unpaired) electrons. The van der Waals surface area contributed by atoms with Gasteiger partial charge in [0.1, 0.15) is 0 Å². The Kier molecular flexibility index (Phi) is 6.22. The highest BCUT2D eigenvalue weighted by atomic mass is 16.5. The van der Waals surface area contributed by atoms with Crippen LogP contribution in [0.25, 0.3) is 0 Å². The number of hydrogen-bond acceptors (Lipinski definition) is 3. The Morgan fingerprint density at radius 1 is 1.28 bits per heavy atom. The summed E-state index contributed by atoms with van der Waals surface area (Å²) in [5.74, 6) is 0.0962. The van der Waals surface area contributed by atoms with Gasteiger partial charge in [-0.25, -0.2) is 0 Å². The van der Waals surface area contributed by atoms with Gasteiger partial charge in [-0.2, -0.15) is 0 Å². The summed E-state index contributed by atoms with van der Waals surface area (Å²) in [5.41, 5.74) is 7.14. The van der Waals surface area contributed by atoms with Gasteiger partial charge in [-0.3, -0.25) is 4.79 Å². The molecule has 2 aliphatic rings. The molecule has 0 aromatic carbocycles. The predicted molar refractivity (Wildman–Crippen MR) is 72.9 cm³/mol. The maximum atomic E-state index is 12.1. The van der Waals surface area contributed by atoms with Crippen molar-refractivity contribution in [1.82, 2.24) is 4.90 Å². The van der Waals surface area contributed by atoms with E-state index in [-0.39, 0.29) is 5.91 Å². The lowest BCUT2D eigenvalue weighted by molar-refractivity contribution is -0.131. The van der Waals surface area contributed by atoms with E-state index in [0.29, 0.717) is 38.4 Å². The van der Waals surface area contributed by atoms with Crippen LogP contribution in [0.1, 0.15) is 20.3 Å². The van der Waals surface area contributed by atoms with Crippen molar-refractivity contribution in [2.24, 2.45) is 5.73 Å². The molecule has 0 bridgehead atoms. The van der Waals surface area contributed by atoms with E-state index in [0.717, 1.165) is 5.57 Å². The van der Waals surface area contributed by atoms with Crippen molar-refractivity contribution in [2.75, 3.05) is 26.3 Å². The first kappa shape index (κ1) is 14.5. The van der Waals surface area contributed by atoms with E-state index in [2.05, 4.69) is 0 Å². The molecule has 4 nitrogen and oxygen atoms in total. The molecule has 0 atom stereocenters. The third kappa shape index (κ3) is 4.04. The summed E-state index contributed by atoms with van der Waals surface area (Å²) >= 11 is 0. The summed E-state index contributed by atoms with van der Waals surface area (Å²) in [6.07, 6.45) is 7.98. The second-order valence-electron chi connectivity index (χ2n) is 3.87. The van der Waals surface area contributed by atoms with Gasteiger partial charge < -0.3 is 15.4 Å². The molecular weight excluding hydrogens is 228 g/mol. The van der Waals surface area contributed by atoms with Crippen LogP contribution in [-0.2, 0) is 9.53 Å². The summed E-state index contributed by atoms with van der Waals surface area (Å²) in [6.45, 7) is 6.62. The number of carbonyl (C=O) groups excluding carboxylic acids is 1. The fourth-order valence-corrected chi connectivity index (χ4v) is 1.77. The molecule has 0 aromatic heterocycles. The molecule has 0 aromatic rings. The minimum atomic E-state index is 0.0962. The number of ether oxygens (including phenoxy) is 1. The van der Waals surface area contributed by atoms with Crippen LogP contribution in [-0.4, -0.2) is 37.1 Å². The second-order valence-corrected chi connectivity index (χ2v) is 3.87. The van der Waals surface area contributed by atoms with Crippen LogP contribution in [0.4, 0.5) is 0 Å². The first-order chi connectivity index (χ1) is 8.77. The van der Waals surface area contributed by atoms with Crippen molar-refractivity contribution >= 4 is 5.91 Å². The standard InChI is InChI=1S/C12H16N2O2.C2H6/c13-11-3-1-2-10(4-5-11)12(15)14-6-8-16-9-7-14;1-2/h1,3-5H,2,6-9,13H2;1-2H3. The number of allylic oxidation sites excluding steroid dienone is 4. The molecule has 0 spiro atoms. The van der Waals surface area contributed by atoms with Gasteiger partial charge in [-0.15, -0.1) is 0 Å². The molecule has 1 fully saturated rings. The lowest BCUT2D eigenvalue weighted by Crippen LogP contribution is -2.41. The number of nitrogens with zero attached hydrogens (tertiary/aromatic N) is 1. The van der Waals surface area contributed by atoms with Gasteiger partial charge in [0.25, 0.3) is 0 Å². The summed E-state index contributed by atoms with van der Waals surface area (Å²) < 4.78 is 5.22. The summed E-state index contributed by atoms with van der Waals surface area (Å²) in [4.78, 5) is 13.9. The first-order valence-corrected chi connectivity index (χ1v) is 6.47. The lowest BCUT2D eigenvalue weighted by Gasteiger charge is -2.27. The van der Waals surface area contributed by atoms with Crippen molar-refractivity contribution < 1.29 is 9.53 Å². The van der Waals surface area contributed by atoms with Crippen LogP contribution < -0.4 is 5.73 Å². The zero-order valence-electron chi connectivity index (χ0n) is 11.2. The van der Waals surface area contributed by atoms with Crippen LogP contribution in [0.2, 0.25) is 0 Å². The first-order valence-electron chi connectivity index (χ1n) is 6.47. The number of carbonyl (C=O) groups is 1. The molecule has 2 rings (SSSR count). The van der Waals surface area contributed by atoms with Gasteiger partial charge >= 0.3 is 0 Å². The van der Waals surface area contributed by atoms with Gasteiger partial charge in [-0.1, -0.05) is 26.0 Å². The van der Waals surface area contributed by atoms with Crippen molar-refractivity contribution in [1.29, 1.82) is 0 Å². The van der Waals surface area contributed by atoms with Gasteiger partial charge in [0.05, 0.1) is 13.2 Å². The van der Waals surface area contributed by atoms with Gasteiger partial charge in [0.15, 0.2) is 0 Å². The van der Waals surface area contributed by atoms with Gasteiger partial charge in [-0.05, 0) is 18.6 Å². The highest BCUT2D eigenvalue weighted by Crippen LogP contribution is 2.13. The van der Waals surface area contributed by atoms with E-state index in [1.165, 1.54) is 0 Å². The van der Waals surface area contributed by atoms with E-state index < -0.39 is 0 Å². The van der Waals surface area contributed by atoms with Crippen LogP contribution in [0.3, 0.4) is 0 Å². The Labute approximate surface area is 109 Å². The maximum Gasteiger partial charge on any atom is 0.250 e. The molecule has 100 valence electrons. The molecule has 4 heteroatoms. The van der Waals surface area contributed by atoms with E-state index in [4.69, 9.17) is 10.5 Å². The Hall–Kier alpha value is -1.55. The molecule has 1 heterocycles. The van der Waals surface area contributed by atoms with Crippen LogP contribution >= 0.6 is 0 Å². The molecular formula is C14H22N2O2. The van der Waals surface area contributed by atoms with Gasteiger partial charge in [0, 0.05) is 24.4 Å². The van der Waals surface area contributed by atoms with Crippen molar-refractivity contribution in [3.05, 3.63) is 35.6 Å². The van der Waals surface area contributed by atoms with Crippen LogP contribution in [0.5, 0.6) is 0 Å². The third-order valence-corrected chi connectivity index (χ3v) is 2.70. The molecule has 2 N–H and O–H groups in total. The zero-order chi connectivity index (χ0) is 13.4. The Morgan fingerprint density at radius 2 is 1.94 bits per heavy atom. The number of morpholine rings is 1. The molecule has 1 amide bonds. The molecule has 0 unspecified atom stereocenters. The summed E-state index contributed by atoms with van der Waals surface area (Å²) in [7, 11) is 0. The topological polar surface area (TPSA) is 55.6 Å². The average molecular weight is 250 g/mol. The monoisotopic (exact) mass is 250 g/mol.